The van der Waals surface area contributed by atoms with Crippen molar-refractivity contribution in [3.63, 3.8) is 0 Å². The second kappa shape index (κ2) is 3.88. The molecule has 0 heterocycles. The normalized spacial score (nSPS) is 17.5. The van der Waals surface area contributed by atoms with Gasteiger partial charge in [-0.1, -0.05) is 6.08 Å². The third kappa shape index (κ3) is 4.17. The van der Waals surface area contributed by atoms with Gasteiger partial charge in [-0.05, 0) is 27.7 Å². The summed E-state index contributed by atoms with van der Waals surface area (Å²) in [6.45, 7) is 11.2. The van der Waals surface area contributed by atoms with E-state index in [1.165, 1.54) is 0 Å². The quantitative estimate of drug-likeness (QED) is 0.603. The largest absolute Gasteiger partial charge is 0.389 e. The first-order valence-corrected chi connectivity index (χ1v) is 3.99. The van der Waals surface area contributed by atoms with E-state index in [0.717, 1.165) is 0 Å². The summed E-state index contributed by atoms with van der Waals surface area (Å²) in [6, 6.07) is 0.326. The molecule has 0 aliphatic carbocycles. The van der Waals surface area contributed by atoms with Gasteiger partial charge in [0.2, 0.25) is 0 Å². The van der Waals surface area contributed by atoms with E-state index in [-0.39, 0.29) is 12.1 Å². The maximum absolute atomic E-state index is 9.53. The predicted molar refractivity (Wildman–Crippen MR) is 48.6 cm³/mol. The van der Waals surface area contributed by atoms with Crippen LogP contribution in [-0.4, -0.2) is 22.8 Å². The lowest BCUT2D eigenvalue weighted by molar-refractivity contribution is 0.0425. The molecule has 2 nitrogen and oxygen atoms in total. The van der Waals surface area contributed by atoms with Gasteiger partial charge < -0.3 is 10.4 Å². The van der Waals surface area contributed by atoms with Crippen LogP contribution in [0.2, 0.25) is 0 Å². The summed E-state index contributed by atoms with van der Waals surface area (Å²) < 4.78 is 0. The van der Waals surface area contributed by atoms with E-state index in [1.54, 1.807) is 13.8 Å². The van der Waals surface area contributed by atoms with Crippen molar-refractivity contribution in [1.82, 2.24) is 5.32 Å². The lowest BCUT2D eigenvalue weighted by atomic mass is 10.0. The van der Waals surface area contributed by atoms with E-state index in [9.17, 15) is 5.11 Å². The monoisotopic (exact) mass is 157 g/mol. The fraction of sp³-hybridized carbons (Fsp3) is 0.778. The summed E-state index contributed by atoms with van der Waals surface area (Å²) in [5, 5.41) is 12.7. The van der Waals surface area contributed by atoms with Gasteiger partial charge in [-0.3, -0.25) is 0 Å². The molecule has 0 radical (unpaired) electrons. The van der Waals surface area contributed by atoms with Gasteiger partial charge in [0.15, 0.2) is 0 Å². The van der Waals surface area contributed by atoms with Gasteiger partial charge in [-0.2, -0.15) is 0 Å². The number of nitrogens with one attached hydrogen (secondary N) is 1. The van der Waals surface area contributed by atoms with Crippen molar-refractivity contribution in [2.24, 2.45) is 0 Å². The Morgan fingerprint density at radius 1 is 1.45 bits per heavy atom. The van der Waals surface area contributed by atoms with Gasteiger partial charge in [0.1, 0.15) is 0 Å². The fourth-order valence-electron chi connectivity index (χ4n) is 0.666. The summed E-state index contributed by atoms with van der Waals surface area (Å²) in [5.41, 5.74) is -0.669. The van der Waals surface area contributed by atoms with Crippen molar-refractivity contribution in [3.8, 4) is 0 Å². The Labute approximate surface area is 69.3 Å². The minimum absolute atomic E-state index is 0.0792. The van der Waals surface area contributed by atoms with Crippen LogP contribution >= 0.6 is 0 Å². The third-order valence-electron chi connectivity index (χ3n) is 1.93. The van der Waals surface area contributed by atoms with E-state index in [2.05, 4.69) is 11.9 Å². The molecule has 0 aliphatic heterocycles. The van der Waals surface area contributed by atoms with Gasteiger partial charge in [0, 0.05) is 12.1 Å². The van der Waals surface area contributed by atoms with Crippen molar-refractivity contribution < 1.29 is 5.11 Å². The molecule has 0 saturated heterocycles. The summed E-state index contributed by atoms with van der Waals surface area (Å²) in [5.74, 6) is 0. The summed E-state index contributed by atoms with van der Waals surface area (Å²) in [4.78, 5) is 0. The zero-order chi connectivity index (χ0) is 9.07. The third-order valence-corrected chi connectivity index (χ3v) is 1.93. The second-order valence-electron chi connectivity index (χ2n) is 3.57. The van der Waals surface area contributed by atoms with Gasteiger partial charge in [0.05, 0.1) is 5.60 Å². The smallest absolute Gasteiger partial charge is 0.0741 e. The predicted octanol–water partition coefficient (Wildman–Crippen LogP) is 1.31. The van der Waals surface area contributed by atoms with Crippen LogP contribution in [0.4, 0.5) is 0 Å². The van der Waals surface area contributed by atoms with Gasteiger partial charge >= 0.3 is 0 Å². The molecule has 0 fully saturated rings. The summed E-state index contributed by atoms with van der Waals surface area (Å²) in [7, 11) is 0. The van der Waals surface area contributed by atoms with Crippen LogP contribution in [0.3, 0.4) is 0 Å². The Balaban J connectivity index is 3.87. The maximum atomic E-state index is 9.53. The first-order chi connectivity index (χ1) is 4.88. The highest BCUT2D eigenvalue weighted by molar-refractivity contribution is 4.88. The van der Waals surface area contributed by atoms with E-state index >= 15 is 0 Å². The molecule has 0 aromatic rings. The van der Waals surface area contributed by atoms with Gasteiger partial charge in [-0.25, -0.2) is 0 Å². The SMILES string of the molecule is C=CC(C)NC(C)C(C)(C)O. The molecule has 0 aromatic heterocycles. The van der Waals surface area contributed by atoms with Crippen molar-refractivity contribution in [1.29, 1.82) is 0 Å². The Bertz CT molecular complexity index is 126. The molecule has 2 atom stereocenters. The Morgan fingerprint density at radius 2 is 1.91 bits per heavy atom. The summed E-state index contributed by atoms with van der Waals surface area (Å²) in [6.07, 6.45) is 1.82. The molecular formula is C9H19NO. The van der Waals surface area contributed by atoms with Crippen molar-refractivity contribution in [2.75, 3.05) is 0 Å². The molecule has 66 valence electrons. The van der Waals surface area contributed by atoms with Crippen LogP contribution in [-0.2, 0) is 0 Å². The lowest BCUT2D eigenvalue weighted by Gasteiger charge is -2.28. The fourth-order valence-corrected chi connectivity index (χ4v) is 0.666. The standard InChI is InChI=1S/C9H19NO/c1-6-7(2)10-8(3)9(4,5)11/h6-8,10-11H,1H2,2-5H3. The van der Waals surface area contributed by atoms with E-state index in [1.807, 2.05) is 19.9 Å². The van der Waals surface area contributed by atoms with Crippen molar-refractivity contribution in [3.05, 3.63) is 12.7 Å². The number of hydrogen-bond acceptors (Lipinski definition) is 2. The highest BCUT2D eigenvalue weighted by atomic mass is 16.3. The molecule has 2 heteroatoms. The first-order valence-electron chi connectivity index (χ1n) is 3.99. The molecular weight excluding hydrogens is 138 g/mol. The van der Waals surface area contributed by atoms with E-state index < -0.39 is 5.60 Å². The molecule has 0 aliphatic rings. The Morgan fingerprint density at radius 3 is 2.18 bits per heavy atom. The first kappa shape index (κ1) is 10.7. The molecule has 0 spiro atoms. The minimum Gasteiger partial charge on any atom is -0.389 e. The van der Waals surface area contributed by atoms with Crippen LogP contribution in [0.5, 0.6) is 0 Å². The number of hydrogen-bond donors (Lipinski definition) is 2. The summed E-state index contributed by atoms with van der Waals surface area (Å²) >= 11 is 0. The lowest BCUT2D eigenvalue weighted by Crippen LogP contribution is -2.47. The molecule has 0 saturated carbocycles. The number of aliphatic hydroxyl groups is 1. The number of rotatable bonds is 4. The van der Waals surface area contributed by atoms with E-state index in [4.69, 9.17) is 0 Å². The maximum Gasteiger partial charge on any atom is 0.0741 e. The van der Waals surface area contributed by atoms with Gasteiger partial charge in [0.25, 0.3) is 0 Å². The highest BCUT2D eigenvalue weighted by Crippen LogP contribution is 2.07. The van der Waals surface area contributed by atoms with Crippen LogP contribution < -0.4 is 5.32 Å². The minimum atomic E-state index is -0.669. The van der Waals surface area contributed by atoms with Gasteiger partial charge in [-0.15, -0.1) is 6.58 Å². The van der Waals surface area contributed by atoms with Crippen LogP contribution in [0.1, 0.15) is 27.7 Å². The van der Waals surface area contributed by atoms with Crippen LogP contribution in [0.25, 0.3) is 0 Å². The molecule has 2 N–H and O–H groups in total. The zero-order valence-electron chi connectivity index (χ0n) is 7.89. The van der Waals surface area contributed by atoms with E-state index in [0.29, 0.717) is 0 Å². The molecule has 0 rings (SSSR count). The molecule has 2 unspecified atom stereocenters. The Kier molecular flexibility index (Phi) is 3.76. The van der Waals surface area contributed by atoms with Crippen molar-refractivity contribution in [2.45, 2.75) is 45.4 Å². The average molecular weight is 157 g/mol. The molecule has 0 amide bonds. The second-order valence-corrected chi connectivity index (χ2v) is 3.57. The Hall–Kier alpha value is -0.340. The topological polar surface area (TPSA) is 32.3 Å². The van der Waals surface area contributed by atoms with Crippen LogP contribution in [0.15, 0.2) is 12.7 Å². The molecule has 0 bridgehead atoms. The zero-order valence-corrected chi connectivity index (χ0v) is 7.89. The molecule has 0 aromatic carbocycles. The molecule has 11 heavy (non-hydrogen) atoms. The highest BCUT2D eigenvalue weighted by Gasteiger charge is 2.22. The van der Waals surface area contributed by atoms with Crippen molar-refractivity contribution >= 4 is 0 Å². The average Bonchev–Trinajstić information content (AvgIpc) is 1.85. The van der Waals surface area contributed by atoms with Crippen LogP contribution in [0, 0.1) is 0 Å².